The van der Waals surface area contributed by atoms with Crippen LogP contribution in [0.5, 0.6) is 0 Å². The molecular formula is C12H19NO3S. The van der Waals surface area contributed by atoms with Crippen LogP contribution < -0.4 is 0 Å². The summed E-state index contributed by atoms with van der Waals surface area (Å²) >= 11 is 1.51. The van der Waals surface area contributed by atoms with E-state index in [2.05, 4.69) is 20.8 Å². The van der Waals surface area contributed by atoms with Gasteiger partial charge in [0.15, 0.2) is 0 Å². The number of rotatable bonds is 4. The molecule has 0 saturated heterocycles. The molecule has 1 heterocycles. The van der Waals surface area contributed by atoms with Gasteiger partial charge in [-0.1, -0.05) is 20.8 Å². The predicted octanol–water partition coefficient (Wildman–Crippen LogP) is 2.31. The number of carbonyl (C=O) groups is 2. The van der Waals surface area contributed by atoms with Crippen LogP contribution in [-0.2, 0) is 9.59 Å². The van der Waals surface area contributed by atoms with Crippen LogP contribution in [0.3, 0.4) is 0 Å². The van der Waals surface area contributed by atoms with E-state index in [0.29, 0.717) is 18.7 Å². The summed E-state index contributed by atoms with van der Waals surface area (Å²) in [5, 5.41) is 10.6. The van der Waals surface area contributed by atoms with Crippen molar-refractivity contribution in [2.45, 2.75) is 33.6 Å². The molecule has 96 valence electrons. The molecule has 1 amide bonds. The normalized spacial score (nSPS) is 17.0. The van der Waals surface area contributed by atoms with Crippen molar-refractivity contribution in [3.63, 3.8) is 0 Å². The highest BCUT2D eigenvalue weighted by atomic mass is 32.2. The fraction of sp³-hybridized carbons (Fsp3) is 0.667. The summed E-state index contributed by atoms with van der Waals surface area (Å²) in [4.78, 5) is 24.1. The van der Waals surface area contributed by atoms with E-state index in [1.165, 1.54) is 11.8 Å². The Labute approximate surface area is 106 Å². The number of carboxylic acid groups (broad SMARTS) is 1. The van der Waals surface area contributed by atoms with Gasteiger partial charge in [0.2, 0.25) is 5.91 Å². The molecule has 1 rings (SSSR count). The zero-order valence-corrected chi connectivity index (χ0v) is 11.3. The second-order valence-corrected chi connectivity index (χ2v) is 5.96. The van der Waals surface area contributed by atoms with Crippen LogP contribution in [0.4, 0.5) is 0 Å². The number of hydrogen-bond donors (Lipinski definition) is 1. The minimum absolute atomic E-state index is 0.0767. The van der Waals surface area contributed by atoms with Crippen molar-refractivity contribution in [2.75, 3.05) is 12.3 Å². The molecule has 0 atom stereocenters. The van der Waals surface area contributed by atoms with E-state index in [-0.39, 0.29) is 17.7 Å². The Bertz CT molecular complexity index is 344. The Morgan fingerprint density at radius 2 is 2.18 bits per heavy atom. The number of hydrogen-bond acceptors (Lipinski definition) is 3. The monoisotopic (exact) mass is 257 g/mol. The van der Waals surface area contributed by atoms with Crippen molar-refractivity contribution in [1.29, 1.82) is 0 Å². The lowest BCUT2D eigenvalue weighted by Crippen LogP contribution is -2.39. The Hall–Kier alpha value is -0.970. The first-order valence-corrected chi connectivity index (χ1v) is 6.71. The standard InChI is InChI=1S/C12H19NO3S/c1-12(2,3)9-7-17-8-10(14)13(9)6-4-5-11(15)16/h7H,4-6,8H2,1-3H3,(H,15,16). The number of carboxylic acids is 1. The van der Waals surface area contributed by atoms with Gasteiger partial charge in [0.1, 0.15) is 0 Å². The highest BCUT2D eigenvalue weighted by molar-refractivity contribution is 8.02. The highest BCUT2D eigenvalue weighted by Crippen LogP contribution is 2.34. The SMILES string of the molecule is CC(C)(C)C1=CSCC(=O)N1CCCC(=O)O. The molecule has 1 N–H and O–H groups in total. The maximum Gasteiger partial charge on any atom is 0.303 e. The Kier molecular flexibility index (Phi) is 4.62. The van der Waals surface area contributed by atoms with Gasteiger partial charge in [-0.2, -0.15) is 0 Å². The van der Waals surface area contributed by atoms with E-state index in [9.17, 15) is 9.59 Å². The van der Waals surface area contributed by atoms with Gasteiger partial charge < -0.3 is 10.0 Å². The number of carbonyl (C=O) groups excluding carboxylic acids is 1. The van der Waals surface area contributed by atoms with Crippen LogP contribution in [0.2, 0.25) is 0 Å². The summed E-state index contributed by atoms with van der Waals surface area (Å²) in [6.45, 7) is 6.67. The average molecular weight is 257 g/mol. The van der Waals surface area contributed by atoms with Gasteiger partial charge in [-0.15, -0.1) is 11.8 Å². The number of aliphatic carboxylic acids is 1. The van der Waals surface area contributed by atoms with Crippen molar-refractivity contribution in [3.8, 4) is 0 Å². The molecule has 17 heavy (non-hydrogen) atoms. The second-order valence-electron chi connectivity index (χ2n) is 5.11. The quantitative estimate of drug-likeness (QED) is 0.839. The van der Waals surface area contributed by atoms with Crippen LogP contribution in [0, 0.1) is 5.41 Å². The summed E-state index contributed by atoms with van der Waals surface area (Å²) in [6, 6.07) is 0. The number of thioether (sulfide) groups is 1. The molecule has 5 heteroatoms. The van der Waals surface area contributed by atoms with E-state index in [1.807, 2.05) is 5.41 Å². The zero-order chi connectivity index (χ0) is 13.1. The fourth-order valence-corrected chi connectivity index (χ4v) is 2.70. The van der Waals surface area contributed by atoms with Gasteiger partial charge in [0, 0.05) is 24.1 Å². The molecule has 0 radical (unpaired) electrons. The van der Waals surface area contributed by atoms with Gasteiger partial charge in [-0.05, 0) is 11.8 Å². The highest BCUT2D eigenvalue weighted by Gasteiger charge is 2.29. The van der Waals surface area contributed by atoms with Crippen molar-refractivity contribution >= 4 is 23.6 Å². The molecule has 0 bridgehead atoms. The summed E-state index contributed by atoms with van der Waals surface area (Å²) in [7, 11) is 0. The molecule has 0 fully saturated rings. The van der Waals surface area contributed by atoms with Crippen LogP contribution >= 0.6 is 11.8 Å². The molecule has 0 aromatic rings. The smallest absolute Gasteiger partial charge is 0.303 e. The van der Waals surface area contributed by atoms with Gasteiger partial charge in [-0.25, -0.2) is 0 Å². The molecule has 1 aliphatic heterocycles. The van der Waals surface area contributed by atoms with E-state index in [1.54, 1.807) is 4.90 Å². The predicted molar refractivity (Wildman–Crippen MR) is 68.6 cm³/mol. The van der Waals surface area contributed by atoms with Crippen molar-refractivity contribution in [1.82, 2.24) is 4.90 Å². The molecular weight excluding hydrogens is 238 g/mol. The molecule has 4 nitrogen and oxygen atoms in total. The minimum Gasteiger partial charge on any atom is -0.481 e. The van der Waals surface area contributed by atoms with Crippen LogP contribution in [0.25, 0.3) is 0 Å². The first-order chi connectivity index (χ1) is 7.82. The first-order valence-electron chi connectivity index (χ1n) is 5.67. The maximum absolute atomic E-state index is 11.8. The molecule has 0 spiro atoms. The van der Waals surface area contributed by atoms with Gasteiger partial charge in [0.25, 0.3) is 0 Å². The molecule has 0 aliphatic carbocycles. The summed E-state index contributed by atoms with van der Waals surface area (Å²) in [6.07, 6.45) is 0.605. The Balaban J connectivity index is 2.70. The summed E-state index contributed by atoms with van der Waals surface area (Å²) in [5.74, 6) is -0.287. The lowest BCUT2D eigenvalue weighted by atomic mass is 9.91. The molecule has 0 aromatic heterocycles. The lowest BCUT2D eigenvalue weighted by molar-refractivity contribution is -0.137. The van der Waals surface area contributed by atoms with E-state index < -0.39 is 5.97 Å². The van der Waals surface area contributed by atoms with Crippen LogP contribution in [0.15, 0.2) is 11.1 Å². The maximum atomic E-state index is 11.8. The van der Waals surface area contributed by atoms with Crippen LogP contribution in [0.1, 0.15) is 33.6 Å². The fourth-order valence-electron chi connectivity index (χ4n) is 1.68. The van der Waals surface area contributed by atoms with Crippen molar-refractivity contribution < 1.29 is 14.7 Å². The minimum atomic E-state index is -0.815. The molecule has 0 aromatic carbocycles. The Morgan fingerprint density at radius 1 is 1.53 bits per heavy atom. The largest absolute Gasteiger partial charge is 0.481 e. The second kappa shape index (κ2) is 5.58. The summed E-state index contributed by atoms with van der Waals surface area (Å²) < 4.78 is 0. The van der Waals surface area contributed by atoms with E-state index in [4.69, 9.17) is 5.11 Å². The molecule has 0 saturated carbocycles. The van der Waals surface area contributed by atoms with E-state index in [0.717, 1.165) is 5.70 Å². The molecule has 1 aliphatic rings. The number of amides is 1. The Morgan fingerprint density at radius 3 is 2.71 bits per heavy atom. The molecule has 0 unspecified atom stereocenters. The third-order valence-corrected chi connectivity index (χ3v) is 3.34. The summed E-state index contributed by atoms with van der Waals surface area (Å²) in [5.41, 5.74) is 0.899. The third-order valence-electron chi connectivity index (χ3n) is 2.53. The van der Waals surface area contributed by atoms with Crippen molar-refractivity contribution in [3.05, 3.63) is 11.1 Å². The number of nitrogens with zero attached hydrogens (tertiary/aromatic N) is 1. The topological polar surface area (TPSA) is 57.6 Å². The first kappa shape index (κ1) is 14.1. The van der Waals surface area contributed by atoms with Crippen molar-refractivity contribution in [2.24, 2.45) is 5.41 Å². The van der Waals surface area contributed by atoms with Gasteiger partial charge in [0.05, 0.1) is 5.75 Å². The number of allylic oxidation sites excluding steroid dienone is 1. The van der Waals surface area contributed by atoms with E-state index >= 15 is 0 Å². The zero-order valence-electron chi connectivity index (χ0n) is 10.5. The van der Waals surface area contributed by atoms with Gasteiger partial charge >= 0.3 is 5.97 Å². The van der Waals surface area contributed by atoms with Gasteiger partial charge in [-0.3, -0.25) is 9.59 Å². The van der Waals surface area contributed by atoms with Crippen LogP contribution in [-0.4, -0.2) is 34.2 Å². The third kappa shape index (κ3) is 4.07. The average Bonchev–Trinajstić information content (AvgIpc) is 2.18. The lowest BCUT2D eigenvalue weighted by Gasteiger charge is -2.36.